The van der Waals surface area contributed by atoms with Gasteiger partial charge in [-0.25, -0.2) is 4.79 Å². The molecule has 0 radical (unpaired) electrons. The molecule has 0 bridgehead atoms. The van der Waals surface area contributed by atoms with E-state index in [1.54, 1.807) is 0 Å². The molecule has 0 fully saturated rings. The second-order valence-corrected chi connectivity index (χ2v) is 3.96. The highest BCUT2D eigenvalue weighted by Gasteiger charge is 2.13. The van der Waals surface area contributed by atoms with E-state index in [2.05, 4.69) is 16.9 Å². The number of hydrogen-bond donors (Lipinski definition) is 0. The maximum Gasteiger partial charge on any atom is 0.367 e. The van der Waals surface area contributed by atoms with E-state index in [4.69, 9.17) is 4.74 Å². The zero-order valence-electron chi connectivity index (χ0n) is 10.1. The van der Waals surface area contributed by atoms with E-state index >= 15 is 0 Å². The zero-order valence-corrected chi connectivity index (χ0v) is 10.1. The molecule has 0 atom stereocenters. The van der Waals surface area contributed by atoms with Gasteiger partial charge in [-0.3, -0.25) is 4.79 Å². The van der Waals surface area contributed by atoms with Gasteiger partial charge in [0.2, 0.25) is 0 Å². The van der Waals surface area contributed by atoms with Crippen LogP contribution in [0.15, 0.2) is 9.98 Å². The van der Waals surface area contributed by atoms with Crippen molar-refractivity contribution in [1.82, 2.24) is 0 Å². The second kappa shape index (κ2) is 7.70. The van der Waals surface area contributed by atoms with Crippen LogP contribution in [0.25, 0.3) is 0 Å². The van der Waals surface area contributed by atoms with Crippen molar-refractivity contribution in [2.75, 3.05) is 6.61 Å². The molecule has 0 spiro atoms. The molecular weight excluding hydrogens is 220 g/mol. The Morgan fingerprint density at radius 1 is 1.29 bits per heavy atom. The van der Waals surface area contributed by atoms with Gasteiger partial charge in [0.25, 0.3) is 0 Å². The minimum atomic E-state index is -0.549. The Bertz CT molecular complexity index is 335. The Morgan fingerprint density at radius 2 is 2.06 bits per heavy atom. The van der Waals surface area contributed by atoms with Crippen LogP contribution in [0.5, 0.6) is 0 Å². The standard InChI is InChI=1S/C12H18N2O3/c1-2-3-4-5-6-7-17-11(15)8-10-9-13-12(16)14-10/h9H,2-8H2,1H3. The number of nitrogens with zero attached hydrogens (tertiary/aromatic N) is 2. The smallest absolute Gasteiger partial charge is 0.367 e. The maximum absolute atomic E-state index is 11.3. The molecule has 5 nitrogen and oxygen atoms in total. The summed E-state index contributed by atoms with van der Waals surface area (Å²) in [7, 11) is 0. The van der Waals surface area contributed by atoms with Crippen molar-refractivity contribution in [3.05, 3.63) is 0 Å². The van der Waals surface area contributed by atoms with Gasteiger partial charge in [0.15, 0.2) is 0 Å². The molecule has 1 aliphatic heterocycles. The van der Waals surface area contributed by atoms with Crippen LogP contribution in [0.3, 0.4) is 0 Å². The second-order valence-electron chi connectivity index (χ2n) is 3.96. The van der Waals surface area contributed by atoms with Crippen molar-refractivity contribution in [2.24, 2.45) is 9.98 Å². The van der Waals surface area contributed by atoms with Crippen molar-refractivity contribution >= 4 is 23.9 Å². The molecule has 0 unspecified atom stereocenters. The molecule has 0 aromatic rings. The minimum Gasteiger partial charge on any atom is -0.465 e. The number of esters is 1. The van der Waals surface area contributed by atoms with Crippen LogP contribution in [0.2, 0.25) is 0 Å². The van der Waals surface area contributed by atoms with Crippen molar-refractivity contribution in [1.29, 1.82) is 0 Å². The highest BCUT2D eigenvalue weighted by atomic mass is 16.5. The first-order valence-electron chi connectivity index (χ1n) is 6.03. The molecular formula is C12H18N2O3. The van der Waals surface area contributed by atoms with Crippen LogP contribution in [0.4, 0.5) is 4.79 Å². The first-order chi connectivity index (χ1) is 8.22. The van der Waals surface area contributed by atoms with Gasteiger partial charge in [0.05, 0.1) is 25.0 Å². The molecule has 0 N–H and O–H groups in total. The normalized spacial score (nSPS) is 13.9. The van der Waals surface area contributed by atoms with Gasteiger partial charge >= 0.3 is 12.0 Å². The third-order valence-corrected chi connectivity index (χ3v) is 2.40. The molecule has 17 heavy (non-hydrogen) atoms. The summed E-state index contributed by atoms with van der Waals surface area (Å²) < 4.78 is 5.03. The predicted molar refractivity (Wildman–Crippen MR) is 65.7 cm³/mol. The number of carbonyl (C=O) groups excluding carboxylic acids is 2. The fourth-order valence-electron chi connectivity index (χ4n) is 1.49. The van der Waals surface area contributed by atoms with Crippen LogP contribution in [-0.2, 0) is 9.53 Å². The van der Waals surface area contributed by atoms with Crippen LogP contribution >= 0.6 is 0 Å². The summed E-state index contributed by atoms with van der Waals surface area (Å²) in [4.78, 5) is 29.0. The van der Waals surface area contributed by atoms with E-state index in [-0.39, 0.29) is 12.4 Å². The quantitative estimate of drug-likeness (QED) is 0.482. The van der Waals surface area contributed by atoms with E-state index in [9.17, 15) is 9.59 Å². The molecule has 1 aliphatic rings. The Morgan fingerprint density at radius 3 is 2.71 bits per heavy atom. The number of ether oxygens (including phenoxy) is 1. The number of urea groups is 1. The van der Waals surface area contributed by atoms with Crippen molar-refractivity contribution < 1.29 is 14.3 Å². The molecule has 2 amide bonds. The summed E-state index contributed by atoms with van der Waals surface area (Å²) in [5.41, 5.74) is 0.381. The van der Waals surface area contributed by atoms with Crippen molar-refractivity contribution in [3.63, 3.8) is 0 Å². The van der Waals surface area contributed by atoms with Gasteiger partial charge < -0.3 is 4.74 Å². The van der Waals surface area contributed by atoms with E-state index in [0.29, 0.717) is 12.3 Å². The number of amides is 2. The first kappa shape index (κ1) is 13.5. The lowest BCUT2D eigenvalue weighted by molar-refractivity contribution is -0.142. The molecule has 0 aromatic heterocycles. The Labute approximate surface area is 101 Å². The lowest BCUT2D eigenvalue weighted by atomic mass is 10.2. The molecule has 0 saturated carbocycles. The highest BCUT2D eigenvalue weighted by molar-refractivity contribution is 6.40. The van der Waals surface area contributed by atoms with Crippen LogP contribution in [0.1, 0.15) is 45.4 Å². The summed E-state index contributed by atoms with van der Waals surface area (Å²) in [6.45, 7) is 2.60. The summed E-state index contributed by atoms with van der Waals surface area (Å²) in [6, 6.07) is -0.549. The summed E-state index contributed by atoms with van der Waals surface area (Å²) in [5.74, 6) is -0.347. The monoisotopic (exact) mass is 238 g/mol. The summed E-state index contributed by atoms with van der Waals surface area (Å²) in [6.07, 6.45) is 6.93. The van der Waals surface area contributed by atoms with Gasteiger partial charge in [-0.15, -0.1) is 0 Å². The summed E-state index contributed by atoms with van der Waals surface area (Å²) >= 11 is 0. The lowest BCUT2D eigenvalue weighted by Gasteiger charge is -2.03. The van der Waals surface area contributed by atoms with Gasteiger partial charge in [0, 0.05) is 0 Å². The third-order valence-electron chi connectivity index (χ3n) is 2.40. The van der Waals surface area contributed by atoms with Crippen molar-refractivity contribution in [3.8, 4) is 0 Å². The topological polar surface area (TPSA) is 68.1 Å². The number of hydrogen-bond acceptors (Lipinski definition) is 3. The van der Waals surface area contributed by atoms with Crippen molar-refractivity contribution in [2.45, 2.75) is 45.4 Å². The third kappa shape index (κ3) is 5.94. The van der Waals surface area contributed by atoms with E-state index in [1.807, 2.05) is 0 Å². The average molecular weight is 238 g/mol. The van der Waals surface area contributed by atoms with Crippen LogP contribution in [0, 0.1) is 0 Å². The van der Waals surface area contributed by atoms with Crippen LogP contribution in [-0.4, -0.2) is 30.5 Å². The molecule has 5 heteroatoms. The van der Waals surface area contributed by atoms with Gasteiger partial charge in [0.1, 0.15) is 0 Å². The number of aliphatic imine (C=N–C) groups is 2. The molecule has 0 saturated heterocycles. The zero-order chi connectivity index (χ0) is 12.5. The van der Waals surface area contributed by atoms with E-state index in [0.717, 1.165) is 12.8 Å². The molecule has 1 rings (SSSR count). The van der Waals surface area contributed by atoms with Gasteiger partial charge in [-0.2, -0.15) is 9.98 Å². The molecule has 94 valence electrons. The fourth-order valence-corrected chi connectivity index (χ4v) is 1.49. The Kier molecular flexibility index (Phi) is 6.14. The SMILES string of the molecule is CCCCCCCOC(=O)CC1=NC(=O)N=C1. The molecule has 0 aromatic carbocycles. The lowest BCUT2D eigenvalue weighted by Crippen LogP contribution is -2.11. The number of unbranched alkanes of at least 4 members (excludes halogenated alkanes) is 4. The first-order valence-corrected chi connectivity index (χ1v) is 6.03. The highest BCUT2D eigenvalue weighted by Crippen LogP contribution is 2.03. The predicted octanol–water partition coefficient (Wildman–Crippen LogP) is 2.54. The minimum absolute atomic E-state index is 0.0319. The largest absolute Gasteiger partial charge is 0.465 e. The maximum atomic E-state index is 11.3. The fraction of sp³-hybridized carbons (Fsp3) is 0.667. The Hall–Kier alpha value is -1.52. The number of carbonyl (C=O) groups is 2. The van der Waals surface area contributed by atoms with E-state index < -0.39 is 6.03 Å². The number of rotatable bonds is 8. The van der Waals surface area contributed by atoms with E-state index in [1.165, 1.54) is 25.5 Å². The van der Waals surface area contributed by atoms with Gasteiger partial charge in [-0.05, 0) is 6.42 Å². The van der Waals surface area contributed by atoms with Crippen LogP contribution < -0.4 is 0 Å². The molecule has 1 heterocycles. The Balaban J connectivity index is 2.04. The average Bonchev–Trinajstić information content (AvgIpc) is 2.69. The van der Waals surface area contributed by atoms with Gasteiger partial charge in [-0.1, -0.05) is 32.6 Å². The summed E-state index contributed by atoms with van der Waals surface area (Å²) in [5, 5.41) is 0. The molecule has 0 aliphatic carbocycles.